The van der Waals surface area contributed by atoms with Crippen molar-refractivity contribution in [2.24, 2.45) is 0 Å². The fraction of sp³-hybridized carbons (Fsp3) is 0.462. The van der Waals surface area contributed by atoms with Crippen LogP contribution < -0.4 is 0 Å². The van der Waals surface area contributed by atoms with Crippen LogP contribution >= 0.6 is 15.9 Å². The predicted octanol–water partition coefficient (Wildman–Crippen LogP) is 4.98. The lowest BCUT2D eigenvalue weighted by Crippen LogP contribution is -2.13. The van der Waals surface area contributed by atoms with E-state index in [0.29, 0.717) is 12.5 Å². The molecule has 1 rings (SSSR count). The Labute approximate surface area is 117 Å². The molecule has 0 radical (unpaired) electrons. The maximum atomic E-state index is 12.9. The summed E-state index contributed by atoms with van der Waals surface area (Å²) in [6.45, 7) is 0. The quantitative estimate of drug-likeness (QED) is 0.309. The van der Waals surface area contributed by atoms with Gasteiger partial charge < -0.3 is 0 Å². The van der Waals surface area contributed by atoms with Gasteiger partial charge >= 0.3 is 6.18 Å². The summed E-state index contributed by atoms with van der Waals surface area (Å²) in [5, 5.41) is 0.797. The van der Waals surface area contributed by atoms with Crippen molar-refractivity contribution in [3.05, 3.63) is 35.1 Å². The molecular formula is C13H13BrF4O. The molecule has 0 heterocycles. The summed E-state index contributed by atoms with van der Waals surface area (Å²) >= 11 is 3.23. The van der Waals surface area contributed by atoms with E-state index in [-0.39, 0.29) is 6.42 Å². The summed E-state index contributed by atoms with van der Waals surface area (Å²) in [5.74, 6) is -1.59. The van der Waals surface area contributed by atoms with Gasteiger partial charge in [0, 0.05) is 17.3 Å². The van der Waals surface area contributed by atoms with Gasteiger partial charge in [-0.2, -0.15) is 13.2 Å². The van der Waals surface area contributed by atoms with Gasteiger partial charge in [0.25, 0.3) is 0 Å². The number of hydrogen-bond acceptors (Lipinski definition) is 1. The molecule has 106 valence electrons. The number of benzene rings is 1. The Morgan fingerprint density at radius 2 is 1.84 bits per heavy atom. The highest BCUT2D eigenvalue weighted by molar-refractivity contribution is 9.09. The van der Waals surface area contributed by atoms with Crippen molar-refractivity contribution in [2.75, 3.05) is 5.33 Å². The third-order valence-electron chi connectivity index (χ3n) is 2.62. The number of Topliss-reactive ketones (excluding diaryl/α,β-unsaturated/α-hetero) is 1. The van der Waals surface area contributed by atoms with E-state index in [0.717, 1.165) is 30.3 Å². The van der Waals surface area contributed by atoms with Crippen LogP contribution in [0.2, 0.25) is 0 Å². The number of hydrogen-bond donors (Lipinski definition) is 0. The Morgan fingerprint density at radius 3 is 2.42 bits per heavy atom. The highest BCUT2D eigenvalue weighted by Crippen LogP contribution is 2.33. The lowest BCUT2D eigenvalue weighted by Gasteiger charge is -2.12. The molecule has 0 aliphatic heterocycles. The molecule has 1 aromatic carbocycles. The minimum absolute atomic E-state index is 0.0434. The van der Waals surface area contributed by atoms with Gasteiger partial charge in [-0.3, -0.25) is 4.79 Å². The molecule has 0 atom stereocenters. The van der Waals surface area contributed by atoms with Crippen molar-refractivity contribution >= 4 is 21.7 Å². The van der Waals surface area contributed by atoms with Gasteiger partial charge in [0.05, 0.1) is 5.56 Å². The largest absolute Gasteiger partial charge is 0.417 e. The summed E-state index contributed by atoms with van der Waals surface area (Å²) in [6.07, 6.45) is -2.52. The monoisotopic (exact) mass is 340 g/mol. The van der Waals surface area contributed by atoms with E-state index in [1.807, 2.05) is 0 Å². The van der Waals surface area contributed by atoms with Gasteiger partial charge in [-0.15, -0.1) is 0 Å². The molecule has 19 heavy (non-hydrogen) atoms. The van der Waals surface area contributed by atoms with E-state index in [4.69, 9.17) is 0 Å². The Morgan fingerprint density at radius 1 is 1.16 bits per heavy atom. The lowest BCUT2D eigenvalue weighted by atomic mass is 9.99. The van der Waals surface area contributed by atoms with Crippen LogP contribution in [0.1, 0.15) is 41.6 Å². The van der Waals surface area contributed by atoms with Crippen LogP contribution in [0.4, 0.5) is 17.6 Å². The van der Waals surface area contributed by atoms with E-state index in [9.17, 15) is 22.4 Å². The average Bonchev–Trinajstić information content (AvgIpc) is 2.33. The van der Waals surface area contributed by atoms with E-state index < -0.39 is 28.9 Å². The second-order valence-corrected chi connectivity index (χ2v) is 4.90. The molecule has 1 aromatic rings. The maximum Gasteiger partial charge on any atom is 0.417 e. The summed E-state index contributed by atoms with van der Waals surface area (Å²) in [5.41, 5.74) is -1.65. The highest BCUT2D eigenvalue weighted by Gasteiger charge is 2.35. The molecule has 0 saturated heterocycles. The highest BCUT2D eigenvalue weighted by atomic mass is 79.9. The van der Waals surface area contributed by atoms with Crippen LogP contribution in [0, 0.1) is 5.82 Å². The topological polar surface area (TPSA) is 17.1 Å². The summed E-state index contributed by atoms with van der Waals surface area (Å²) < 4.78 is 51.0. The van der Waals surface area contributed by atoms with Crippen molar-refractivity contribution in [3.8, 4) is 0 Å². The van der Waals surface area contributed by atoms with Crippen molar-refractivity contribution in [3.63, 3.8) is 0 Å². The number of alkyl halides is 4. The first kappa shape index (κ1) is 16.1. The number of rotatable bonds is 6. The van der Waals surface area contributed by atoms with Crippen LogP contribution in [0.5, 0.6) is 0 Å². The number of ketones is 1. The van der Waals surface area contributed by atoms with E-state index in [2.05, 4.69) is 15.9 Å². The molecule has 0 spiro atoms. The molecule has 0 saturated carbocycles. The second-order valence-electron chi connectivity index (χ2n) is 4.11. The average molecular weight is 341 g/mol. The zero-order chi connectivity index (χ0) is 14.5. The standard InChI is InChI=1S/C13H13BrF4O/c14-7-3-1-2-4-12(19)10-6-5-9(15)8-11(10)13(16,17)18/h5-6,8H,1-4,7H2. The number of carbonyl (C=O) groups is 1. The molecule has 0 aromatic heterocycles. The van der Waals surface area contributed by atoms with Crippen LogP contribution in [0.3, 0.4) is 0 Å². The summed E-state index contributed by atoms with van der Waals surface area (Å²) in [6, 6.07) is 2.15. The van der Waals surface area contributed by atoms with Crippen molar-refractivity contribution in [1.29, 1.82) is 0 Å². The van der Waals surface area contributed by atoms with Crippen molar-refractivity contribution in [2.45, 2.75) is 31.9 Å². The van der Waals surface area contributed by atoms with Gasteiger partial charge in [0.15, 0.2) is 5.78 Å². The Hall–Kier alpha value is -0.910. The van der Waals surface area contributed by atoms with E-state index >= 15 is 0 Å². The maximum absolute atomic E-state index is 12.9. The number of halogens is 5. The molecule has 6 heteroatoms. The van der Waals surface area contributed by atoms with Crippen LogP contribution in [0.15, 0.2) is 18.2 Å². The van der Waals surface area contributed by atoms with E-state index in [1.165, 1.54) is 0 Å². The Balaban J connectivity index is 2.85. The first-order chi connectivity index (χ1) is 8.86. The molecule has 0 aliphatic rings. The Bertz CT molecular complexity index is 443. The predicted molar refractivity (Wildman–Crippen MR) is 68.0 cm³/mol. The minimum Gasteiger partial charge on any atom is -0.294 e. The first-order valence-corrected chi connectivity index (χ1v) is 6.94. The SMILES string of the molecule is O=C(CCCCCBr)c1ccc(F)cc1C(F)(F)F. The normalized spacial score (nSPS) is 11.6. The van der Waals surface area contributed by atoms with E-state index in [1.54, 1.807) is 0 Å². The zero-order valence-corrected chi connectivity index (χ0v) is 11.7. The smallest absolute Gasteiger partial charge is 0.294 e. The van der Waals surface area contributed by atoms with Crippen molar-refractivity contribution in [1.82, 2.24) is 0 Å². The summed E-state index contributed by atoms with van der Waals surface area (Å²) in [7, 11) is 0. The number of carbonyl (C=O) groups excluding carboxylic acids is 1. The third kappa shape index (κ3) is 4.93. The first-order valence-electron chi connectivity index (χ1n) is 5.82. The Kier molecular flexibility index (Phi) is 5.97. The van der Waals surface area contributed by atoms with Gasteiger partial charge in [-0.25, -0.2) is 4.39 Å². The molecule has 0 amide bonds. The van der Waals surface area contributed by atoms with Crippen LogP contribution in [-0.4, -0.2) is 11.1 Å². The van der Waals surface area contributed by atoms with Gasteiger partial charge in [0.1, 0.15) is 5.82 Å². The molecule has 0 aliphatic carbocycles. The molecule has 0 fully saturated rings. The second kappa shape index (κ2) is 7.03. The molecule has 0 unspecified atom stereocenters. The van der Waals surface area contributed by atoms with Gasteiger partial charge in [-0.05, 0) is 31.0 Å². The molecule has 0 bridgehead atoms. The molecule has 0 N–H and O–H groups in total. The van der Waals surface area contributed by atoms with Gasteiger partial charge in [0.2, 0.25) is 0 Å². The fourth-order valence-corrected chi connectivity index (χ4v) is 2.08. The molecular weight excluding hydrogens is 328 g/mol. The zero-order valence-electron chi connectivity index (χ0n) is 10.1. The van der Waals surface area contributed by atoms with Crippen LogP contribution in [0.25, 0.3) is 0 Å². The fourth-order valence-electron chi connectivity index (χ4n) is 1.69. The van der Waals surface area contributed by atoms with Crippen LogP contribution in [-0.2, 0) is 6.18 Å². The van der Waals surface area contributed by atoms with Gasteiger partial charge in [-0.1, -0.05) is 22.4 Å². The summed E-state index contributed by atoms with van der Waals surface area (Å²) in [4.78, 5) is 11.8. The number of unbranched alkanes of at least 4 members (excludes halogenated alkanes) is 2. The molecule has 1 nitrogen and oxygen atoms in total. The minimum atomic E-state index is -4.72. The van der Waals surface area contributed by atoms with Crippen molar-refractivity contribution < 1.29 is 22.4 Å². The lowest BCUT2D eigenvalue weighted by molar-refractivity contribution is -0.138. The third-order valence-corrected chi connectivity index (χ3v) is 3.19.